The normalized spacial score (nSPS) is 10.1. The number of hydrogen-bond acceptors (Lipinski definition) is 1. The highest BCUT2D eigenvalue weighted by Gasteiger charge is 2.12. The largest absolute Gasteiger partial charge is 0.264 e. The van der Waals surface area contributed by atoms with Gasteiger partial charge in [-0.05, 0) is 17.7 Å². The molecule has 0 fully saturated rings. The summed E-state index contributed by atoms with van der Waals surface area (Å²) in [7, 11) is 0. The van der Waals surface area contributed by atoms with Gasteiger partial charge in [-0.3, -0.25) is 0 Å². The van der Waals surface area contributed by atoms with Crippen molar-refractivity contribution in [2.75, 3.05) is 0 Å². The molecule has 0 amide bonds. The van der Waals surface area contributed by atoms with Gasteiger partial charge in [-0.2, -0.15) is 5.26 Å². The minimum Gasteiger partial charge on any atom is -0.205 e. The fraction of sp³-hybridized carbons (Fsp3) is 0.222. The lowest BCUT2D eigenvalue weighted by molar-refractivity contribution is 0.150. The third-order valence-electron chi connectivity index (χ3n) is 1.61. The minimum absolute atomic E-state index is 0.0130. The summed E-state index contributed by atoms with van der Waals surface area (Å²) in [5.41, 5.74) is 0.316. The first-order chi connectivity index (χ1) is 6.15. The van der Waals surface area contributed by atoms with Crippen LogP contribution < -0.4 is 0 Å². The summed E-state index contributed by atoms with van der Waals surface area (Å²) in [6.07, 6.45) is -2.50. The Morgan fingerprint density at radius 1 is 1.46 bits per heavy atom. The Hall–Kier alpha value is -0.950. The summed E-state index contributed by atoms with van der Waals surface area (Å²) in [5.74, 6) is 0. The number of nitriles is 1. The van der Waals surface area contributed by atoms with Crippen LogP contribution in [0.1, 0.15) is 17.6 Å². The van der Waals surface area contributed by atoms with Crippen LogP contribution in [0, 0.1) is 11.3 Å². The molecule has 0 radical (unpaired) electrons. The highest BCUT2D eigenvalue weighted by atomic mass is 79.9. The maximum absolute atomic E-state index is 12.4. The van der Waals surface area contributed by atoms with Crippen molar-refractivity contribution in [3.05, 3.63) is 33.8 Å². The van der Waals surface area contributed by atoms with Crippen molar-refractivity contribution in [1.82, 2.24) is 0 Å². The van der Waals surface area contributed by atoms with Gasteiger partial charge in [0.2, 0.25) is 0 Å². The molecule has 0 aromatic heterocycles. The van der Waals surface area contributed by atoms with E-state index in [1.807, 2.05) is 6.07 Å². The van der Waals surface area contributed by atoms with Crippen LogP contribution in [0.5, 0.6) is 0 Å². The molecule has 0 saturated heterocycles. The molecule has 0 spiro atoms. The van der Waals surface area contributed by atoms with Crippen molar-refractivity contribution in [2.24, 2.45) is 0 Å². The van der Waals surface area contributed by atoms with Gasteiger partial charge in [-0.15, -0.1) is 0 Å². The lowest BCUT2D eigenvalue weighted by Gasteiger charge is -2.05. The van der Waals surface area contributed by atoms with Crippen molar-refractivity contribution >= 4 is 15.9 Å². The van der Waals surface area contributed by atoms with E-state index in [4.69, 9.17) is 5.26 Å². The second-order valence-electron chi connectivity index (χ2n) is 2.48. The van der Waals surface area contributed by atoms with Crippen molar-refractivity contribution in [2.45, 2.75) is 12.8 Å². The average Bonchev–Trinajstić information content (AvgIpc) is 2.04. The number of halogens is 3. The molecule has 0 aliphatic carbocycles. The van der Waals surface area contributed by atoms with Crippen LogP contribution in [-0.4, -0.2) is 0 Å². The molecule has 0 saturated carbocycles. The van der Waals surface area contributed by atoms with Crippen LogP contribution in [0.25, 0.3) is 0 Å². The monoisotopic (exact) mass is 245 g/mol. The Morgan fingerprint density at radius 3 is 2.69 bits per heavy atom. The number of rotatable bonds is 2. The number of benzene rings is 1. The first-order valence-corrected chi connectivity index (χ1v) is 4.38. The average molecular weight is 246 g/mol. The SMILES string of the molecule is N#CCc1cc(Br)ccc1C(F)F. The number of nitrogens with zero attached hydrogens (tertiary/aromatic N) is 1. The van der Waals surface area contributed by atoms with Gasteiger partial charge in [0.15, 0.2) is 0 Å². The van der Waals surface area contributed by atoms with Crippen molar-refractivity contribution < 1.29 is 8.78 Å². The third kappa shape index (κ3) is 2.49. The summed E-state index contributed by atoms with van der Waals surface area (Å²) in [6.45, 7) is 0. The van der Waals surface area contributed by atoms with Gasteiger partial charge in [0, 0.05) is 10.0 Å². The molecular formula is C9H6BrF2N. The Labute approximate surface area is 83.1 Å². The van der Waals surface area contributed by atoms with Gasteiger partial charge in [0.1, 0.15) is 0 Å². The first-order valence-electron chi connectivity index (χ1n) is 3.58. The topological polar surface area (TPSA) is 23.8 Å². The maximum atomic E-state index is 12.4. The molecule has 1 nitrogen and oxygen atoms in total. The van der Waals surface area contributed by atoms with Crippen LogP contribution in [0.15, 0.2) is 22.7 Å². The zero-order valence-electron chi connectivity index (χ0n) is 6.60. The van der Waals surface area contributed by atoms with Crippen LogP contribution in [-0.2, 0) is 6.42 Å². The molecule has 4 heteroatoms. The summed E-state index contributed by atoms with van der Waals surface area (Å²) in [5, 5.41) is 8.41. The molecule has 68 valence electrons. The van der Waals surface area contributed by atoms with Crippen molar-refractivity contribution in [3.8, 4) is 6.07 Å². The second-order valence-corrected chi connectivity index (χ2v) is 3.39. The van der Waals surface area contributed by atoms with Crippen LogP contribution in [0.4, 0.5) is 8.78 Å². The molecule has 13 heavy (non-hydrogen) atoms. The van der Waals surface area contributed by atoms with Crippen LogP contribution in [0.3, 0.4) is 0 Å². The Kier molecular flexibility index (Phi) is 3.38. The summed E-state index contributed by atoms with van der Waals surface area (Å²) in [4.78, 5) is 0. The lowest BCUT2D eigenvalue weighted by Crippen LogP contribution is -1.93. The molecule has 1 rings (SSSR count). The van der Waals surface area contributed by atoms with E-state index in [1.165, 1.54) is 6.07 Å². The molecular weight excluding hydrogens is 240 g/mol. The highest BCUT2D eigenvalue weighted by Crippen LogP contribution is 2.25. The number of hydrogen-bond donors (Lipinski definition) is 0. The van der Waals surface area contributed by atoms with E-state index in [0.29, 0.717) is 10.0 Å². The maximum Gasteiger partial charge on any atom is 0.264 e. The molecule has 0 heterocycles. The summed E-state index contributed by atoms with van der Waals surface area (Å²) in [6, 6.07) is 6.28. The van der Waals surface area contributed by atoms with E-state index in [0.717, 1.165) is 0 Å². The van der Waals surface area contributed by atoms with Crippen molar-refractivity contribution in [1.29, 1.82) is 5.26 Å². The summed E-state index contributed by atoms with van der Waals surface area (Å²) < 4.78 is 25.4. The zero-order valence-corrected chi connectivity index (χ0v) is 8.18. The van der Waals surface area contributed by atoms with E-state index in [9.17, 15) is 8.78 Å². The van der Waals surface area contributed by atoms with Crippen LogP contribution >= 0.6 is 15.9 Å². The zero-order chi connectivity index (χ0) is 9.84. The molecule has 0 aliphatic heterocycles. The molecule has 1 aromatic carbocycles. The van der Waals surface area contributed by atoms with Gasteiger partial charge in [-0.1, -0.05) is 22.0 Å². The standard InChI is InChI=1S/C9H6BrF2N/c10-7-1-2-8(9(11)12)6(5-7)3-4-13/h1-2,5,9H,3H2. The Morgan fingerprint density at radius 2 is 2.15 bits per heavy atom. The van der Waals surface area contributed by atoms with Gasteiger partial charge >= 0.3 is 0 Å². The van der Waals surface area contributed by atoms with E-state index in [2.05, 4.69) is 15.9 Å². The molecule has 0 N–H and O–H groups in total. The molecule has 0 aliphatic rings. The quantitative estimate of drug-likeness (QED) is 0.783. The van der Waals surface area contributed by atoms with E-state index in [1.54, 1.807) is 12.1 Å². The van der Waals surface area contributed by atoms with E-state index in [-0.39, 0.29) is 12.0 Å². The fourth-order valence-corrected chi connectivity index (χ4v) is 1.43. The van der Waals surface area contributed by atoms with E-state index < -0.39 is 6.43 Å². The smallest absolute Gasteiger partial charge is 0.205 e. The molecule has 1 aromatic rings. The molecule has 0 unspecified atom stereocenters. The third-order valence-corrected chi connectivity index (χ3v) is 2.10. The van der Waals surface area contributed by atoms with E-state index >= 15 is 0 Å². The van der Waals surface area contributed by atoms with Gasteiger partial charge in [0.05, 0.1) is 12.5 Å². The predicted octanol–water partition coefficient (Wildman–Crippen LogP) is 3.45. The Balaban J connectivity index is 3.12. The van der Waals surface area contributed by atoms with Gasteiger partial charge < -0.3 is 0 Å². The van der Waals surface area contributed by atoms with Gasteiger partial charge in [-0.25, -0.2) is 8.78 Å². The predicted molar refractivity (Wildman–Crippen MR) is 48.4 cm³/mol. The second kappa shape index (κ2) is 4.33. The fourth-order valence-electron chi connectivity index (χ4n) is 1.03. The van der Waals surface area contributed by atoms with Gasteiger partial charge in [0.25, 0.3) is 6.43 Å². The molecule has 0 atom stereocenters. The minimum atomic E-state index is -2.52. The number of alkyl halides is 2. The Bertz CT molecular complexity index is 344. The highest BCUT2D eigenvalue weighted by molar-refractivity contribution is 9.10. The van der Waals surface area contributed by atoms with Crippen molar-refractivity contribution in [3.63, 3.8) is 0 Å². The molecule has 0 bridgehead atoms. The first kappa shape index (κ1) is 10.1. The summed E-state index contributed by atoms with van der Waals surface area (Å²) >= 11 is 3.16. The van der Waals surface area contributed by atoms with Crippen LogP contribution in [0.2, 0.25) is 0 Å². The lowest BCUT2D eigenvalue weighted by atomic mass is 10.1.